The van der Waals surface area contributed by atoms with Gasteiger partial charge in [-0.2, -0.15) is 0 Å². The number of aromatic nitrogens is 2. The number of anilines is 1. The lowest BCUT2D eigenvalue weighted by Crippen LogP contribution is -2.39. The van der Waals surface area contributed by atoms with Crippen molar-refractivity contribution in [2.75, 3.05) is 44.2 Å². The first-order valence-electron chi connectivity index (χ1n) is 11.1. The quantitative estimate of drug-likeness (QED) is 0.584. The molecule has 164 valence electrons. The standard InChI is InChI=1S/C24H31N5O2/c1-2-16-31-20-10-8-19(9-11-20)17-25-23(30)18-28-12-5-13-29(15-14-28)24-26-21-6-3-4-7-22(21)27-24/h3-4,6-11H,2,5,12-18H2,1H3,(H,25,30)(H,26,27). The van der Waals surface area contributed by atoms with E-state index in [0.717, 1.165) is 73.9 Å². The lowest BCUT2D eigenvalue weighted by molar-refractivity contribution is -0.122. The number of aromatic amines is 1. The van der Waals surface area contributed by atoms with Crippen molar-refractivity contribution in [3.63, 3.8) is 0 Å². The number of nitrogens with one attached hydrogen (secondary N) is 2. The number of para-hydroxylation sites is 2. The first-order valence-corrected chi connectivity index (χ1v) is 11.1. The van der Waals surface area contributed by atoms with Gasteiger partial charge in [0.05, 0.1) is 24.2 Å². The molecule has 31 heavy (non-hydrogen) atoms. The molecular formula is C24H31N5O2. The molecule has 0 saturated carbocycles. The van der Waals surface area contributed by atoms with Crippen molar-refractivity contribution >= 4 is 22.9 Å². The van der Waals surface area contributed by atoms with E-state index in [4.69, 9.17) is 9.72 Å². The fraction of sp³-hybridized carbons (Fsp3) is 0.417. The van der Waals surface area contributed by atoms with Gasteiger partial charge in [0, 0.05) is 32.7 Å². The molecule has 1 aliphatic rings. The molecule has 0 aliphatic carbocycles. The van der Waals surface area contributed by atoms with E-state index < -0.39 is 0 Å². The van der Waals surface area contributed by atoms with Gasteiger partial charge in [-0.05, 0) is 42.7 Å². The van der Waals surface area contributed by atoms with Crippen LogP contribution in [-0.2, 0) is 11.3 Å². The number of benzene rings is 2. The summed E-state index contributed by atoms with van der Waals surface area (Å²) < 4.78 is 5.60. The normalized spacial score (nSPS) is 15.1. The van der Waals surface area contributed by atoms with Crippen molar-refractivity contribution in [2.24, 2.45) is 0 Å². The van der Waals surface area contributed by atoms with Gasteiger partial charge in [-0.25, -0.2) is 4.98 Å². The van der Waals surface area contributed by atoms with Crippen molar-refractivity contribution in [1.82, 2.24) is 20.2 Å². The Morgan fingerprint density at radius 2 is 1.94 bits per heavy atom. The molecule has 0 spiro atoms. The van der Waals surface area contributed by atoms with Gasteiger partial charge in [-0.3, -0.25) is 9.69 Å². The van der Waals surface area contributed by atoms with Crippen LogP contribution in [-0.4, -0.2) is 60.1 Å². The maximum absolute atomic E-state index is 12.5. The maximum atomic E-state index is 12.5. The minimum atomic E-state index is 0.0588. The van der Waals surface area contributed by atoms with Crippen LogP contribution in [0.2, 0.25) is 0 Å². The number of amides is 1. The molecule has 0 radical (unpaired) electrons. The third kappa shape index (κ3) is 5.76. The molecule has 1 amide bonds. The van der Waals surface area contributed by atoms with Gasteiger partial charge in [0.25, 0.3) is 0 Å². The highest BCUT2D eigenvalue weighted by Crippen LogP contribution is 2.18. The molecule has 1 saturated heterocycles. The van der Waals surface area contributed by atoms with Crippen LogP contribution in [0.3, 0.4) is 0 Å². The van der Waals surface area contributed by atoms with E-state index in [2.05, 4.69) is 27.0 Å². The number of carbonyl (C=O) groups is 1. The van der Waals surface area contributed by atoms with Crippen LogP contribution in [0.15, 0.2) is 48.5 Å². The number of fused-ring (bicyclic) bond motifs is 1. The highest BCUT2D eigenvalue weighted by Gasteiger charge is 2.19. The van der Waals surface area contributed by atoms with Crippen molar-refractivity contribution in [3.8, 4) is 5.75 Å². The van der Waals surface area contributed by atoms with Gasteiger partial charge in [0.2, 0.25) is 11.9 Å². The summed E-state index contributed by atoms with van der Waals surface area (Å²) in [7, 11) is 0. The van der Waals surface area contributed by atoms with Crippen molar-refractivity contribution in [2.45, 2.75) is 26.3 Å². The lowest BCUT2D eigenvalue weighted by Gasteiger charge is -2.21. The van der Waals surface area contributed by atoms with Crippen LogP contribution < -0.4 is 15.0 Å². The van der Waals surface area contributed by atoms with Crippen LogP contribution in [0.5, 0.6) is 5.75 Å². The van der Waals surface area contributed by atoms with E-state index in [9.17, 15) is 4.79 Å². The first kappa shape index (κ1) is 21.2. The zero-order valence-corrected chi connectivity index (χ0v) is 18.1. The average Bonchev–Trinajstić information content (AvgIpc) is 3.09. The molecule has 4 rings (SSSR count). The van der Waals surface area contributed by atoms with E-state index in [1.165, 1.54) is 0 Å². The molecule has 2 N–H and O–H groups in total. The zero-order valence-electron chi connectivity index (χ0n) is 18.1. The Hall–Kier alpha value is -3.06. The summed E-state index contributed by atoms with van der Waals surface area (Å²) in [6.45, 7) is 7.31. The SMILES string of the molecule is CCCOc1ccc(CNC(=O)CN2CCCN(c3nc4ccccc4[nH]3)CC2)cc1. The summed E-state index contributed by atoms with van der Waals surface area (Å²) >= 11 is 0. The summed E-state index contributed by atoms with van der Waals surface area (Å²) in [5.41, 5.74) is 3.12. The second kappa shape index (κ2) is 10.3. The minimum absolute atomic E-state index is 0.0588. The highest BCUT2D eigenvalue weighted by atomic mass is 16.5. The summed E-state index contributed by atoms with van der Waals surface area (Å²) in [6.07, 6.45) is 1.99. The number of hydrogen-bond donors (Lipinski definition) is 2. The molecule has 0 bridgehead atoms. The van der Waals surface area contributed by atoms with Gasteiger partial charge in [-0.15, -0.1) is 0 Å². The first-order chi connectivity index (χ1) is 15.2. The molecule has 0 unspecified atom stereocenters. The zero-order chi connectivity index (χ0) is 21.5. The Morgan fingerprint density at radius 1 is 1.10 bits per heavy atom. The number of ether oxygens (including phenoxy) is 1. The predicted octanol–water partition coefficient (Wildman–Crippen LogP) is 3.18. The Morgan fingerprint density at radius 3 is 2.74 bits per heavy atom. The predicted molar refractivity (Wildman–Crippen MR) is 123 cm³/mol. The minimum Gasteiger partial charge on any atom is -0.494 e. The van der Waals surface area contributed by atoms with Gasteiger partial charge in [0.1, 0.15) is 5.75 Å². The number of hydrogen-bond acceptors (Lipinski definition) is 5. The summed E-state index contributed by atoms with van der Waals surface area (Å²) in [4.78, 5) is 25.1. The van der Waals surface area contributed by atoms with E-state index >= 15 is 0 Å². The smallest absolute Gasteiger partial charge is 0.234 e. The van der Waals surface area contributed by atoms with Crippen molar-refractivity contribution < 1.29 is 9.53 Å². The number of imidazole rings is 1. The third-order valence-electron chi connectivity index (χ3n) is 5.52. The highest BCUT2D eigenvalue weighted by molar-refractivity contribution is 5.78. The molecule has 1 fully saturated rings. The number of H-pyrrole nitrogens is 1. The fourth-order valence-corrected chi connectivity index (χ4v) is 3.81. The second-order valence-electron chi connectivity index (χ2n) is 7.96. The van der Waals surface area contributed by atoms with Gasteiger partial charge in [0.15, 0.2) is 0 Å². The molecule has 1 aliphatic heterocycles. The molecule has 1 aromatic heterocycles. The van der Waals surface area contributed by atoms with E-state index in [0.29, 0.717) is 13.1 Å². The van der Waals surface area contributed by atoms with E-state index in [1.807, 2.05) is 48.5 Å². The van der Waals surface area contributed by atoms with Crippen LogP contribution in [0.1, 0.15) is 25.3 Å². The molecule has 2 heterocycles. The molecular weight excluding hydrogens is 390 g/mol. The maximum Gasteiger partial charge on any atom is 0.234 e. The summed E-state index contributed by atoms with van der Waals surface area (Å²) in [5.74, 6) is 1.85. The molecule has 2 aromatic carbocycles. The number of rotatable bonds is 8. The average molecular weight is 422 g/mol. The van der Waals surface area contributed by atoms with Crippen LogP contribution in [0, 0.1) is 0 Å². The Balaban J connectivity index is 1.23. The molecule has 3 aromatic rings. The lowest BCUT2D eigenvalue weighted by atomic mass is 10.2. The Bertz CT molecular complexity index is 952. The van der Waals surface area contributed by atoms with Gasteiger partial charge < -0.3 is 19.9 Å². The van der Waals surface area contributed by atoms with Crippen LogP contribution >= 0.6 is 0 Å². The second-order valence-corrected chi connectivity index (χ2v) is 7.96. The van der Waals surface area contributed by atoms with Gasteiger partial charge >= 0.3 is 0 Å². The van der Waals surface area contributed by atoms with E-state index in [-0.39, 0.29) is 5.91 Å². The Kier molecular flexibility index (Phi) is 7.04. The molecule has 7 heteroatoms. The largest absolute Gasteiger partial charge is 0.494 e. The van der Waals surface area contributed by atoms with Gasteiger partial charge in [-0.1, -0.05) is 31.2 Å². The molecule has 7 nitrogen and oxygen atoms in total. The van der Waals surface area contributed by atoms with Crippen LogP contribution in [0.25, 0.3) is 11.0 Å². The van der Waals surface area contributed by atoms with E-state index in [1.54, 1.807) is 0 Å². The number of carbonyl (C=O) groups excluding carboxylic acids is 1. The summed E-state index contributed by atoms with van der Waals surface area (Å²) in [6, 6.07) is 16.0. The van der Waals surface area contributed by atoms with Crippen molar-refractivity contribution in [1.29, 1.82) is 0 Å². The van der Waals surface area contributed by atoms with Crippen LogP contribution in [0.4, 0.5) is 5.95 Å². The van der Waals surface area contributed by atoms with Crippen molar-refractivity contribution in [3.05, 3.63) is 54.1 Å². The molecule has 0 atom stereocenters. The monoisotopic (exact) mass is 421 g/mol. The topological polar surface area (TPSA) is 73.5 Å². The Labute approximate surface area is 183 Å². The third-order valence-corrected chi connectivity index (χ3v) is 5.52. The summed E-state index contributed by atoms with van der Waals surface area (Å²) in [5, 5.41) is 3.04. The number of nitrogens with zero attached hydrogens (tertiary/aromatic N) is 3. The fourth-order valence-electron chi connectivity index (χ4n) is 3.81.